The Bertz CT molecular complexity index is 1330. The first-order valence-electron chi connectivity index (χ1n) is 9.55. The maximum absolute atomic E-state index is 14.3. The molecule has 3 rings (SSSR count). The van der Waals surface area contributed by atoms with Gasteiger partial charge in [0.25, 0.3) is 11.8 Å². The van der Waals surface area contributed by atoms with Crippen LogP contribution in [0.1, 0.15) is 26.3 Å². The summed E-state index contributed by atoms with van der Waals surface area (Å²) in [7, 11) is -1.89. The van der Waals surface area contributed by atoms with Gasteiger partial charge < -0.3 is 21.7 Å². The fourth-order valence-corrected chi connectivity index (χ4v) is 3.74. The number of sulfone groups is 1. The minimum absolute atomic E-state index is 0.0104. The molecule has 172 valence electrons. The molecule has 0 saturated carbocycles. The lowest BCUT2D eigenvalue weighted by molar-refractivity contribution is 0.0961. The minimum Gasteiger partial charge on any atom is -0.365 e. The Balaban J connectivity index is 1.99. The Morgan fingerprint density at radius 2 is 1.82 bits per heavy atom. The summed E-state index contributed by atoms with van der Waals surface area (Å²) < 4.78 is 37.8. The third-order valence-corrected chi connectivity index (χ3v) is 5.28. The van der Waals surface area contributed by atoms with Crippen molar-refractivity contribution in [2.45, 2.75) is 5.75 Å². The second kappa shape index (κ2) is 9.61. The highest BCUT2D eigenvalue weighted by Gasteiger charge is 2.17. The summed E-state index contributed by atoms with van der Waals surface area (Å²) in [6.07, 6.45) is 2.26. The van der Waals surface area contributed by atoms with E-state index in [1.807, 2.05) is 0 Å². The molecule has 2 amide bonds. The number of para-hydroxylation sites is 1. The first-order chi connectivity index (χ1) is 15.6. The summed E-state index contributed by atoms with van der Waals surface area (Å²) >= 11 is 0. The molecule has 0 bridgehead atoms. The molecule has 0 unspecified atom stereocenters. The predicted molar refractivity (Wildman–Crippen MR) is 122 cm³/mol. The van der Waals surface area contributed by atoms with Gasteiger partial charge in [-0.05, 0) is 29.8 Å². The molecule has 0 aliphatic carbocycles. The number of anilines is 4. The third kappa shape index (κ3) is 6.01. The van der Waals surface area contributed by atoms with Crippen molar-refractivity contribution >= 4 is 44.8 Å². The van der Waals surface area contributed by atoms with E-state index < -0.39 is 27.5 Å². The van der Waals surface area contributed by atoms with Gasteiger partial charge in [-0.1, -0.05) is 18.2 Å². The van der Waals surface area contributed by atoms with Crippen LogP contribution >= 0.6 is 0 Å². The van der Waals surface area contributed by atoms with Crippen LogP contribution in [0.4, 0.5) is 27.5 Å². The van der Waals surface area contributed by atoms with Gasteiger partial charge in [-0.15, -0.1) is 0 Å². The number of rotatable bonds is 8. The van der Waals surface area contributed by atoms with Crippen molar-refractivity contribution in [2.24, 2.45) is 5.73 Å². The number of hydrogen-bond acceptors (Lipinski definition) is 8. The predicted octanol–water partition coefficient (Wildman–Crippen LogP) is 2.11. The fraction of sp³-hybridized carbons (Fsp3) is 0.143. The Morgan fingerprint density at radius 3 is 2.48 bits per heavy atom. The van der Waals surface area contributed by atoms with Crippen LogP contribution in [0.15, 0.2) is 48.7 Å². The summed E-state index contributed by atoms with van der Waals surface area (Å²) in [6.45, 7) is 0. The molecule has 0 aliphatic rings. The van der Waals surface area contributed by atoms with Crippen molar-refractivity contribution < 1.29 is 22.4 Å². The van der Waals surface area contributed by atoms with Gasteiger partial charge in [0.05, 0.1) is 11.4 Å². The average molecular weight is 473 g/mol. The summed E-state index contributed by atoms with van der Waals surface area (Å²) in [5.41, 5.74) is 6.35. The zero-order valence-corrected chi connectivity index (χ0v) is 18.5. The van der Waals surface area contributed by atoms with Gasteiger partial charge in [-0.25, -0.2) is 17.8 Å². The molecule has 0 radical (unpaired) electrons. The minimum atomic E-state index is -3.34. The van der Waals surface area contributed by atoms with E-state index in [-0.39, 0.29) is 34.3 Å². The number of carbonyl (C=O) groups is 2. The van der Waals surface area contributed by atoms with Crippen LogP contribution in [0.5, 0.6) is 0 Å². The number of nitrogens with zero attached hydrogens (tertiary/aromatic N) is 2. The van der Waals surface area contributed by atoms with Gasteiger partial charge in [-0.3, -0.25) is 9.59 Å². The van der Waals surface area contributed by atoms with Crippen LogP contribution in [0.2, 0.25) is 0 Å². The molecule has 0 spiro atoms. The third-order valence-electron chi connectivity index (χ3n) is 4.44. The molecule has 12 heteroatoms. The maximum Gasteiger partial charge on any atom is 0.254 e. The van der Waals surface area contributed by atoms with E-state index in [2.05, 4.69) is 25.9 Å². The Kier molecular flexibility index (Phi) is 6.87. The van der Waals surface area contributed by atoms with E-state index in [0.29, 0.717) is 11.3 Å². The first kappa shape index (κ1) is 23.6. The average Bonchev–Trinajstić information content (AvgIpc) is 2.75. The van der Waals surface area contributed by atoms with Gasteiger partial charge in [0.15, 0.2) is 9.84 Å². The number of primary amides is 1. The molecule has 5 N–H and O–H groups in total. The quantitative estimate of drug-likeness (QED) is 0.388. The van der Waals surface area contributed by atoms with Crippen LogP contribution in [-0.2, 0) is 15.6 Å². The molecular weight excluding hydrogens is 451 g/mol. The van der Waals surface area contributed by atoms with Crippen LogP contribution in [0.25, 0.3) is 0 Å². The number of hydrogen-bond donors (Lipinski definition) is 4. The molecule has 2 aromatic carbocycles. The number of amides is 2. The van der Waals surface area contributed by atoms with Gasteiger partial charge in [0, 0.05) is 30.8 Å². The van der Waals surface area contributed by atoms with Crippen molar-refractivity contribution in [2.75, 3.05) is 23.9 Å². The van der Waals surface area contributed by atoms with Crippen LogP contribution in [0.3, 0.4) is 0 Å². The lowest BCUT2D eigenvalue weighted by Crippen LogP contribution is -2.18. The van der Waals surface area contributed by atoms with E-state index in [1.54, 1.807) is 24.3 Å². The number of benzene rings is 2. The zero-order valence-electron chi connectivity index (χ0n) is 17.7. The highest BCUT2D eigenvalue weighted by Crippen LogP contribution is 2.26. The van der Waals surface area contributed by atoms with Crippen LogP contribution < -0.4 is 21.7 Å². The van der Waals surface area contributed by atoms with Gasteiger partial charge in [0.2, 0.25) is 5.95 Å². The molecule has 0 saturated heterocycles. The molecule has 10 nitrogen and oxygen atoms in total. The number of halogens is 1. The van der Waals surface area contributed by atoms with Crippen molar-refractivity contribution in [3.63, 3.8) is 0 Å². The second-order valence-corrected chi connectivity index (χ2v) is 9.21. The van der Waals surface area contributed by atoms with Crippen molar-refractivity contribution in [3.05, 3.63) is 71.2 Å². The zero-order chi connectivity index (χ0) is 24.2. The highest BCUT2D eigenvalue weighted by atomic mass is 32.2. The molecule has 33 heavy (non-hydrogen) atoms. The van der Waals surface area contributed by atoms with E-state index in [1.165, 1.54) is 19.2 Å². The Hall–Kier alpha value is -4.06. The van der Waals surface area contributed by atoms with Crippen molar-refractivity contribution in [3.8, 4) is 0 Å². The van der Waals surface area contributed by atoms with Gasteiger partial charge >= 0.3 is 0 Å². The highest BCUT2D eigenvalue weighted by molar-refractivity contribution is 7.89. The number of aromatic nitrogens is 2. The first-order valence-corrected chi connectivity index (χ1v) is 11.6. The summed E-state index contributed by atoms with van der Waals surface area (Å²) in [6, 6.07) is 10.3. The van der Waals surface area contributed by atoms with Gasteiger partial charge in [-0.2, -0.15) is 4.98 Å². The molecule has 1 heterocycles. The van der Waals surface area contributed by atoms with E-state index in [9.17, 15) is 22.4 Å². The topological polar surface area (TPSA) is 156 Å². The normalized spacial score (nSPS) is 11.0. The van der Waals surface area contributed by atoms with Crippen molar-refractivity contribution in [1.29, 1.82) is 0 Å². The standard InChI is InChI=1S/C21H21FN6O4S/c1-24-20(30)12-7-8-15(22)17(9-12)27-21-25-10-14(18(23)29)19(28-21)26-16-6-4-3-5-13(16)11-33(2,31)32/h3-10H,11H2,1-2H3,(H2,23,29)(H,24,30)(H2,25,26,27,28). The largest absolute Gasteiger partial charge is 0.365 e. The summed E-state index contributed by atoms with van der Waals surface area (Å²) in [5, 5.41) is 8.03. The lowest BCUT2D eigenvalue weighted by Gasteiger charge is -2.14. The van der Waals surface area contributed by atoms with Crippen molar-refractivity contribution in [1.82, 2.24) is 15.3 Å². The summed E-state index contributed by atoms with van der Waals surface area (Å²) in [4.78, 5) is 31.9. The Labute approximate surface area is 189 Å². The van der Waals surface area contributed by atoms with E-state index in [4.69, 9.17) is 5.73 Å². The second-order valence-electron chi connectivity index (χ2n) is 7.07. The molecule has 0 fully saturated rings. The van der Waals surface area contributed by atoms with Crippen LogP contribution in [-0.4, -0.2) is 43.5 Å². The SMILES string of the molecule is CNC(=O)c1ccc(F)c(Nc2ncc(C(N)=O)c(Nc3ccccc3CS(C)(=O)=O)n2)c1. The number of nitrogens with one attached hydrogen (secondary N) is 3. The fourth-order valence-electron chi connectivity index (χ4n) is 2.92. The van der Waals surface area contributed by atoms with E-state index in [0.717, 1.165) is 18.5 Å². The molecule has 1 aromatic heterocycles. The van der Waals surface area contributed by atoms with Crippen LogP contribution in [0, 0.1) is 5.82 Å². The molecule has 0 aliphatic heterocycles. The molecular formula is C21H21FN6O4S. The maximum atomic E-state index is 14.3. The number of nitrogens with two attached hydrogens (primary N) is 1. The smallest absolute Gasteiger partial charge is 0.254 e. The Morgan fingerprint density at radius 1 is 1.09 bits per heavy atom. The summed E-state index contributed by atoms with van der Waals surface area (Å²) in [5.74, 6) is -2.22. The van der Waals surface area contributed by atoms with Gasteiger partial charge in [0.1, 0.15) is 17.2 Å². The van der Waals surface area contributed by atoms with E-state index >= 15 is 0 Å². The molecule has 3 aromatic rings. The monoisotopic (exact) mass is 472 g/mol. The lowest BCUT2D eigenvalue weighted by atomic mass is 10.2. The number of carbonyl (C=O) groups excluding carboxylic acids is 2. The molecule has 0 atom stereocenters.